The molecule has 49 heavy (non-hydrogen) atoms. The standard InChI is InChI=1S/C41H80O8/c1-5-6-7-22-27-34(4)28-23-18-14-12-16-20-25-30-47-31-35(42)32-48-40-38(45)37(44)39(46)41(40)49-36(43)29-24-19-15-11-9-8-10-13-17-21-26-33(2)3/h33-35,37-42,44-46H,5-32H2,1-4H3/t34?,35-,37-,38-,39+,40+,41-/m0/s1. The van der Waals surface area contributed by atoms with Gasteiger partial charge in [-0.2, -0.15) is 0 Å². The molecule has 7 atom stereocenters. The van der Waals surface area contributed by atoms with Crippen molar-refractivity contribution in [1.82, 2.24) is 0 Å². The molecule has 0 spiro atoms. The van der Waals surface area contributed by atoms with Gasteiger partial charge in [-0.25, -0.2) is 0 Å². The Balaban J connectivity index is 2.09. The smallest absolute Gasteiger partial charge is 0.306 e. The van der Waals surface area contributed by atoms with Gasteiger partial charge in [-0.3, -0.25) is 4.79 Å². The maximum atomic E-state index is 12.5. The second kappa shape index (κ2) is 30.8. The number of hydrogen-bond acceptors (Lipinski definition) is 8. The predicted octanol–water partition coefficient (Wildman–Crippen LogP) is 8.82. The number of rotatable bonds is 34. The third kappa shape index (κ3) is 24.2. The molecule has 0 bridgehead atoms. The van der Waals surface area contributed by atoms with E-state index in [1.807, 2.05) is 0 Å². The zero-order valence-corrected chi connectivity index (χ0v) is 32.3. The summed E-state index contributed by atoms with van der Waals surface area (Å²) in [4.78, 5) is 12.5. The lowest BCUT2D eigenvalue weighted by Gasteiger charge is -2.24. The third-order valence-electron chi connectivity index (χ3n) is 10.2. The van der Waals surface area contributed by atoms with Crippen LogP contribution in [-0.2, 0) is 19.0 Å². The van der Waals surface area contributed by atoms with Gasteiger partial charge in [-0.15, -0.1) is 0 Å². The highest BCUT2D eigenvalue weighted by Gasteiger charge is 2.52. The van der Waals surface area contributed by atoms with Crippen molar-refractivity contribution in [3.05, 3.63) is 0 Å². The number of esters is 1. The predicted molar refractivity (Wildman–Crippen MR) is 200 cm³/mol. The monoisotopic (exact) mass is 701 g/mol. The first-order chi connectivity index (χ1) is 23.7. The molecule has 0 amide bonds. The lowest BCUT2D eigenvalue weighted by molar-refractivity contribution is -0.168. The molecule has 8 nitrogen and oxygen atoms in total. The molecule has 1 unspecified atom stereocenters. The highest BCUT2D eigenvalue weighted by Crippen LogP contribution is 2.28. The Hall–Kier alpha value is -0.770. The molecule has 0 aromatic heterocycles. The van der Waals surface area contributed by atoms with Crippen LogP contribution >= 0.6 is 0 Å². The van der Waals surface area contributed by atoms with E-state index < -0.39 is 42.6 Å². The van der Waals surface area contributed by atoms with Gasteiger partial charge in [0.05, 0.1) is 13.2 Å². The Morgan fingerprint density at radius 3 is 1.59 bits per heavy atom. The van der Waals surface area contributed by atoms with Gasteiger partial charge >= 0.3 is 5.97 Å². The Kier molecular flexibility index (Phi) is 29.1. The molecule has 1 fully saturated rings. The minimum Gasteiger partial charge on any atom is -0.457 e. The third-order valence-corrected chi connectivity index (χ3v) is 10.2. The highest BCUT2D eigenvalue weighted by molar-refractivity contribution is 5.69. The topological polar surface area (TPSA) is 126 Å². The number of hydrogen-bond donors (Lipinski definition) is 4. The summed E-state index contributed by atoms with van der Waals surface area (Å²) >= 11 is 0. The van der Waals surface area contributed by atoms with Crippen molar-refractivity contribution in [2.24, 2.45) is 11.8 Å². The van der Waals surface area contributed by atoms with Gasteiger partial charge in [0.15, 0.2) is 6.10 Å². The summed E-state index contributed by atoms with van der Waals surface area (Å²) < 4.78 is 16.8. The first-order valence-corrected chi connectivity index (χ1v) is 20.8. The maximum absolute atomic E-state index is 12.5. The molecule has 8 heteroatoms. The number of ether oxygens (including phenoxy) is 3. The van der Waals surface area contributed by atoms with E-state index in [-0.39, 0.29) is 19.6 Å². The van der Waals surface area contributed by atoms with Crippen LogP contribution in [0.25, 0.3) is 0 Å². The van der Waals surface area contributed by atoms with Crippen LogP contribution in [0.15, 0.2) is 0 Å². The number of aliphatic hydroxyl groups excluding tert-OH is 4. The van der Waals surface area contributed by atoms with Crippen molar-refractivity contribution in [1.29, 1.82) is 0 Å². The number of unbranched alkanes of at least 4 members (excludes halogenated alkanes) is 18. The number of carbonyl (C=O) groups excluding carboxylic acids is 1. The molecule has 1 rings (SSSR count). The largest absolute Gasteiger partial charge is 0.457 e. The van der Waals surface area contributed by atoms with Gasteiger partial charge in [0.25, 0.3) is 0 Å². The lowest BCUT2D eigenvalue weighted by atomic mass is 9.96. The molecular formula is C41H80O8. The van der Waals surface area contributed by atoms with Gasteiger partial charge in [0, 0.05) is 13.0 Å². The van der Waals surface area contributed by atoms with Crippen LogP contribution in [0.4, 0.5) is 0 Å². The van der Waals surface area contributed by atoms with E-state index in [0.717, 1.165) is 37.5 Å². The Morgan fingerprint density at radius 1 is 0.571 bits per heavy atom. The van der Waals surface area contributed by atoms with E-state index in [9.17, 15) is 25.2 Å². The first-order valence-electron chi connectivity index (χ1n) is 20.8. The average molecular weight is 701 g/mol. The quantitative estimate of drug-likeness (QED) is 0.0388. The van der Waals surface area contributed by atoms with Crippen LogP contribution in [0.3, 0.4) is 0 Å². The van der Waals surface area contributed by atoms with E-state index >= 15 is 0 Å². The molecular weight excluding hydrogens is 620 g/mol. The fraction of sp³-hybridized carbons (Fsp3) is 0.976. The van der Waals surface area contributed by atoms with E-state index in [1.165, 1.54) is 122 Å². The Labute approximate surface area is 301 Å². The molecule has 1 saturated carbocycles. The minimum absolute atomic E-state index is 0.0906. The van der Waals surface area contributed by atoms with Crippen molar-refractivity contribution in [3.63, 3.8) is 0 Å². The average Bonchev–Trinajstić information content (AvgIpc) is 3.27. The van der Waals surface area contributed by atoms with E-state index in [2.05, 4.69) is 27.7 Å². The molecule has 0 saturated heterocycles. The van der Waals surface area contributed by atoms with Crippen molar-refractivity contribution in [2.45, 2.75) is 225 Å². The van der Waals surface area contributed by atoms with Gasteiger partial charge in [-0.05, 0) is 24.7 Å². The molecule has 0 aromatic carbocycles. The Bertz CT molecular complexity index is 749. The van der Waals surface area contributed by atoms with Crippen molar-refractivity contribution in [3.8, 4) is 0 Å². The van der Waals surface area contributed by atoms with Crippen LogP contribution < -0.4 is 0 Å². The summed E-state index contributed by atoms with van der Waals surface area (Å²) in [5.41, 5.74) is 0. The summed E-state index contributed by atoms with van der Waals surface area (Å²) in [6.45, 7) is 9.72. The van der Waals surface area contributed by atoms with Gasteiger partial charge in [0.1, 0.15) is 30.5 Å². The summed E-state index contributed by atoms with van der Waals surface area (Å²) in [6, 6.07) is 0. The summed E-state index contributed by atoms with van der Waals surface area (Å²) in [5, 5.41) is 41.4. The zero-order chi connectivity index (χ0) is 36.1. The molecule has 1 aliphatic carbocycles. The molecule has 0 aromatic rings. The first kappa shape index (κ1) is 46.3. The van der Waals surface area contributed by atoms with Crippen molar-refractivity contribution >= 4 is 5.97 Å². The summed E-state index contributed by atoms with van der Waals surface area (Å²) in [5.74, 6) is 1.18. The van der Waals surface area contributed by atoms with Crippen LogP contribution in [0.5, 0.6) is 0 Å². The molecule has 0 radical (unpaired) electrons. The van der Waals surface area contributed by atoms with Crippen LogP contribution in [0.1, 0.15) is 188 Å². The molecule has 292 valence electrons. The SMILES string of the molecule is CCCCCCC(C)CCCCCCCCCOC[C@H](O)CO[C@@H]1[C@@H](O)[C@H](O)[C@@H](O)[C@@H]1OC(=O)CCCCCCCCCCCCC(C)C. The fourth-order valence-corrected chi connectivity index (χ4v) is 6.89. The zero-order valence-electron chi connectivity index (χ0n) is 32.3. The highest BCUT2D eigenvalue weighted by atomic mass is 16.6. The second-order valence-corrected chi connectivity index (χ2v) is 15.6. The molecule has 0 heterocycles. The van der Waals surface area contributed by atoms with Crippen molar-refractivity contribution < 1.29 is 39.4 Å². The van der Waals surface area contributed by atoms with E-state index in [4.69, 9.17) is 14.2 Å². The van der Waals surface area contributed by atoms with Crippen LogP contribution in [-0.4, -0.2) is 82.8 Å². The summed E-state index contributed by atoms with van der Waals surface area (Å²) in [7, 11) is 0. The Morgan fingerprint density at radius 2 is 1.04 bits per heavy atom. The number of carbonyl (C=O) groups is 1. The van der Waals surface area contributed by atoms with Crippen molar-refractivity contribution in [2.75, 3.05) is 19.8 Å². The van der Waals surface area contributed by atoms with E-state index in [1.54, 1.807) is 0 Å². The number of aliphatic hydroxyl groups is 4. The fourth-order valence-electron chi connectivity index (χ4n) is 6.89. The second-order valence-electron chi connectivity index (χ2n) is 15.6. The van der Waals surface area contributed by atoms with Gasteiger partial charge in [-0.1, -0.05) is 169 Å². The molecule has 1 aliphatic rings. The normalized spacial score (nSPS) is 22.2. The maximum Gasteiger partial charge on any atom is 0.306 e. The molecule has 0 aliphatic heterocycles. The van der Waals surface area contributed by atoms with E-state index in [0.29, 0.717) is 13.0 Å². The summed E-state index contributed by atoms with van der Waals surface area (Å²) in [6.07, 6.45) is 22.3. The van der Waals surface area contributed by atoms with Crippen LogP contribution in [0.2, 0.25) is 0 Å². The van der Waals surface area contributed by atoms with Crippen LogP contribution in [0, 0.1) is 11.8 Å². The minimum atomic E-state index is -1.49. The lowest BCUT2D eigenvalue weighted by Crippen LogP contribution is -2.41. The molecule has 4 N–H and O–H groups in total. The van der Waals surface area contributed by atoms with Gasteiger partial charge in [0.2, 0.25) is 0 Å². The van der Waals surface area contributed by atoms with Gasteiger partial charge < -0.3 is 34.6 Å².